The fraction of sp³-hybridized carbons (Fsp3) is 0.636. The lowest BCUT2D eigenvalue weighted by molar-refractivity contribution is -0.137. The minimum absolute atomic E-state index is 0.105. The number of rotatable bonds is 6. The second-order valence-electron chi connectivity index (χ2n) is 3.79. The molecule has 0 aromatic carbocycles. The molecule has 0 saturated heterocycles. The molecule has 1 atom stereocenters. The highest BCUT2D eigenvalue weighted by molar-refractivity contribution is 6.12. The van der Waals surface area contributed by atoms with Gasteiger partial charge in [0, 0.05) is 25.3 Å². The maximum atomic E-state index is 11.3. The highest BCUT2D eigenvalue weighted by Gasteiger charge is 2.25. The molecule has 0 fully saturated rings. The van der Waals surface area contributed by atoms with Crippen LogP contribution in [0.1, 0.15) is 26.2 Å². The summed E-state index contributed by atoms with van der Waals surface area (Å²) in [6.07, 6.45) is 5.16. The van der Waals surface area contributed by atoms with Gasteiger partial charge < -0.3 is 5.11 Å². The summed E-state index contributed by atoms with van der Waals surface area (Å²) in [4.78, 5) is 23.8. The number of nitrogens with zero attached hydrogens (tertiary/aromatic N) is 1. The Kier molecular flexibility index (Phi) is 4.49. The Morgan fingerprint density at radius 3 is 2.33 bits per heavy atom. The van der Waals surface area contributed by atoms with E-state index in [9.17, 15) is 9.59 Å². The number of carbonyl (C=O) groups is 2. The van der Waals surface area contributed by atoms with E-state index in [4.69, 9.17) is 5.11 Å². The minimum Gasteiger partial charge on any atom is -0.396 e. The van der Waals surface area contributed by atoms with E-state index >= 15 is 0 Å². The third-order valence-electron chi connectivity index (χ3n) is 2.58. The van der Waals surface area contributed by atoms with Crippen LogP contribution in [0.3, 0.4) is 0 Å². The summed E-state index contributed by atoms with van der Waals surface area (Å²) in [5.41, 5.74) is 0. The lowest BCUT2D eigenvalue weighted by atomic mass is 9.99. The summed E-state index contributed by atoms with van der Waals surface area (Å²) < 4.78 is 0. The van der Waals surface area contributed by atoms with Gasteiger partial charge >= 0.3 is 0 Å². The lowest BCUT2D eigenvalue weighted by Crippen LogP contribution is -2.35. The summed E-state index contributed by atoms with van der Waals surface area (Å²) in [6.45, 7) is 2.59. The molecule has 0 saturated carbocycles. The first-order valence-electron chi connectivity index (χ1n) is 5.33. The molecule has 0 radical (unpaired) electrons. The first-order valence-corrected chi connectivity index (χ1v) is 5.33. The quantitative estimate of drug-likeness (QED) is 0.658. The largest absolute Gasteiger partial charge is 0.396 e. The Bertz CT molecular complexity index is 249. The molecule has 2 amide bonds. The van der Waals surface area contributed by atoms with Gasteiger partial charge in [0.15, 0.2) is 0 Å². The average molecular weight is 211 g/mol. The molecule has 15 heavy (non-hydrogen) atoms. The maximum Gasteiger partial charge on any atom is 0.253 e. The Hall–Kier alpha value is -1.16. The number of aliphatic hydroxyl groups is 1. The van der Waals surface area contributed by atoms with E-state index < -0.39 is 0 Å². The number of hydrogen-bond acceptors (Lipinski definition) is 3. The van der Waals surface area contributed by atoms with Crippen LogP contribution in [-0.4, -0.2) is 35.0 Å². The molecular weight excluding hydrogens is 194 g/mol. The van der Waals surface area contributed by atoms with E-state index in [0.29, 0.717) is 13.0 Å². The van der Waals surface area contributed by atoms with Crippen LogP contribution in [0.4, 0.5) is 0 Å². The zero-order chi connectivity index (χ0) is 11.3. The van der Waals surface area contributed by atoms with Crippen LogP contribution in [0.15, 0.2) is 12.2 Å². The zero-order valence-corrected chi connectivity index (χ0v) is 8.98. The zero-order valence-electron chi connectivity index (χ0n) is 8.98. The number of carbonyl (C=O) groups excluding carboxylic acids is 2. The Morgan fingerprint density at radius 1 is 1.27 bits per heavy atom. The second kappa shape index (κ2) is 5.66. The molecule has 0 spiro atoms. The van der Waals surface area contributed by atoms with Gasteiger partial charge in [0.1, 0.15) is 0 Å². The van der Waals surface area contributed by atoms with Crippen LogP contribution in [-0.2, 0) is 9.59 Å². The van der Waals surface area contributed by atoms with Gasteiger partial charge in [-0.05, 0) is 18.8 Å². The van der Waals surface area contributed by atoms with Crippen molar-refractivity contribution in [2.24, 2.45) is 5.92 Å². The SMILES string of the molecule is CCCC(CCO)CN1C(=O)C=CC1=O. The Labute approximate surface area is 89.6 Å². The molecule has 1 unspecified atom stereocenters. The van der Waals surface area contributed by atoms with Crippen molar-refractivity contribution in [3.63, 3.8) is 0 Å². The van der Waals surface area contributed by atoms with Crippen molar-refractivity contribution < 1.29 is 14.7 Å². The molecule has 0 aromatic heterocycles. The van der Waals surface area contributed by atoms with Crippen molar-refractivity contribution in [1.29, 1.82) is 0 Å². The molecule has 4 nitrogen and oxygen atoms in total. The third-order valence-corrected chi connectivity index (χ3v) is 2.58. The van der Waals surface area contributed by atoms with Crippen LogP contribution in [0, 0.1) is 5.92 Å². The molecule has 1 rings (SSSR count). The second-order valence-corrected chi connectivity index (χ2v) is 3.79. The van der Waals surface area contributed by atoms with Gasteiger partial charge in [-0.15, -0.1) is 0 Å². The Morgan fingerprint density at radius 2 is 1.87 bits per heavy atom. The average Bonchev–Trinajstić information content (AvgIpc) is 2.50. The van der Waals surface area contributed by atoms with Crippen LogP contribution >= 0.6 is 0 Å². The molecule has 1 N–H and O–H groups in total. The van der Waals surface area contributed by atoms with Crippen molar-refractivity contribution in [1.82, 2.24) is 4.90 Å². The van der Waals surface area contributed by atoms with E-state index in [0.717, 1.165) is 12.8 Å². The van der Waals surface area contributed by atoms with E-state index in [2.05, 4.69) is 6.92 Å². The summed E-state index contributed by atoms with van der Waals surface area (Å²) in [6, 6.07) is 0. The number of hydrogen-bond donors (Lipinski definition) is 1. The van der Waals surface area contributed by atoms with E-state index in [1.807, 2.05) is 0 Å². The Balaban J connectivity index is 2.50. The predicted octanol–water partition coefficient (Wildman–Crippen LogP) is 0.710. The summed E-state index contributed by atoms with van der Waals surface area (Å²) in [5, 5.41) is 8.87. The van der Waals surface area contributed by atoms with E-state index in [-0.39, 0.29) is 24.3 Å². The monoisotopic (exact) mass is 211 g/mol. The summed E-state index contributed by atoms with van der Waals surface area (Å²) in [5.74, 6) is -0.258. The molecular formula is C11H17NO3. The molecule has 1 aliphatic rings. The molecule has 4 heteroatoms. The highest BCUT2D eigenvalue weighted by atomic mass is 16.3. The maximum absolute atomic E-state index is 11.3. The fourth-order valence-electron chi connectivity index (χ4n) is 1.79. The first kappa shape index (κ1) is 11.9. The van der Waals surface area contributed by atoms with Crippen molar-refractivity contribution in [2.45, 2.75) is 26.2 Å². The van der Waals surface area contributed by atoms with Gasteiger partial charge in [0.2, 0.25) is 0 Å². The van der Waals surface area contributed by atoms with Gasteiger partial charge in [0.25, 0.3) is 11.8 Å². The van der Waals surface area contributed by atoms with Crippen molar-refractivity contribution >= 4 is 11.8 Å². The van der Waals surface area contributed by atoms with Crippen molar-refractivity contribution in [2.75, 3.05) is 13.2 Å². The van der Waals surface area contributed by atoms with Crippen LogP contribution in [0.5, 0.6) is 0 Å². The smallest absolute Gasteiger partial charge is 0.253 e. The molecule has 0 aliphatic carbocycles. The first-order chi connectivity index (χ1) is 7.19. The van der Waals surface area contributed by atoms with Gasteiger partial charge in [-0.2, -0.15) is 0 Å². The van der Waals surface area contributed by atoms with Gasteiger partial charge in [-0.25, -0.2) is 0 Å². The molecule has 1 aliphatic heterocycles. The summed E-state index contributed by atoms with van der Waals surface area (Å²) in [7, 11) is 0. The molecule has 84 valence electrons. The predicted molar refractivity (Wildman–Crippen MR) is 56.0 cm³/mol. The summed E-state index contributed by atoms with van der Waals surface area (Å²) >= 11 is 0. The normalized spacial score (nSPS) is 17.6. The van der Waals surface area contributed by atoms with Crippen LogP contribution in [0.25, 0.3) is 0 Å². The minimum atomic E-state index is -0.237. The van der Waals surface area contributed by atoms with E-state index in [1.54, 1.807) is 0 Å². The molecule has 0 bridgehead atoms. The highest BCUT2D eigenvalue weighted by Crippen LogP contribution is 2.15. The van der Waals surface area contributed by atoms with Gasteiger partial charge in [0.05, 0.1) is 0 Å². The number of aliphatic hydroxyl groups excluding tert-OH is 1. The van der Waals surface area contributed by atoms with Crippen LogP contribution in [0.2, 0.25) is 0 Å². The third kappa shape index (κ3) is 3.16. The molecule has 0 aromatic rings. The van der Waals surface area contributed by atoms with Crippen molar-refractivity contribution in [3.8, 4) is 0 Å². The standard InChI is InChI=1S/C11H17NO3/c1-2-3-9(6-7-13)8-12-10(14)4-5-11(12)15/h4-5,9,13H,2-3,6-8H2,1H3. The topological polar surface area (TPSA) is 57.6 Å². The van der Waals surface area contributed by atoms with Gasteiger partial charge in [-0.3, -0.25) is 14.5 Å². The number of amides is 2. The van der Waals surface area contributed by atoms with Crippen molar-refractivity contribution in [3.05, 3.63) is 12.2 Å². The fourth-order valence-corrected chi connectivity index (χ4v) is 1.79. The number of imide groups is 1. The lowest BCUT2D eigenvalue weighted by Gasteiger charge is -2.21. The van der Waals surface area contributed by atoms with Gasteiger partial charge in [-0.1, -0.05) is 13.3 Å². The van der Waals surface area contributed by atoms with Crippen LogP contribution < -0.4 is 0 Å². The molecule has 1 heterocycles. The van der Waals surface area contributed by atoms with E-state index in [1.165, 1.54) is 17.1 Å².